The summed E-state index contributed by atoms with van der Waals surface area (Å²) in [7, 11) is 0. The Morgan fingerprint density at radius 3 is 2.25 bits per heavy atom. The molecular formula is C11H20ClN3O. The van der Waals surface area contributed by atoms with E-state index in [1.54, 1.807) is 0 Å². The van der Waals surface area contributed by atoms with E-state index in [4.69, 9.17) is 10.3 Å². The van der Waals surface area contributed by atoms with Gasteiger partial charge in [-0.1, -0.05) is 38.8 Å². The van der Waals surface area contributed by atoms with Gasteiger partial charge in [-0.25, -0.2) is 0 Å². The van der Waals surface area contributed by atoms with Gasteiger partial charge in [-0.3, -0.25) is 0 Å². The summed E-state index contributed by atoms with van der Waals surface area (Å²) >= 11 is 0. The van der Waals surface area contributed by atoms with Crippen molar-refractivity contribution in [3.63, 3.8) is 0 Å². The third-order valence-electron chi connectivity index (χ3n) is 3.01. The molecule has 0 saturated heterocycles. The number of hydrogen-bond acceptors (Lipinski definition) is 4. The summed E-state index contributed by atoms with van der Waals surface area (Å²) in [6.45, 7) is 6.17. The van der Waals surface area contributed by atoms with Gasteiger partial charge in [-0.2, -0.15) is 4.98 Å². The number of aromatic nitrogens is 2. The first-order chi connectivity index (χ1) is 6.92. The summed E-state index contributed by atoms with van der Waals surface area (Å²) in [6.07, 6.45) is 4.26. The van der Waals surface area contributed by atoms with Gasteiger partial charge in [0, 0.05) is 5.41 Å². The van der Waals surface area contributed by atoms with Crippen molar-refractivity contribution in [2.45, 2.75) is 57.4 Å². The molecule has 0 aliphatic heterocycles. The Labute approximate surface area is 102 Å². The normalized spacial score (nSPS) is 19.5. The number of nitrogens with zero attached hydrogens (tertiary/aromatic N) is 2. The maximum Gasteiger partial charge on any atom is 0.232 e. The van der Waals surface area contributed by atoms with Crippen LogP contribution in [0.5, 0.6) is 0 Å². The van der Waals surface area contributed by atoms with Crippen LogP contribution in [0.2, 0.25) is 0 Å². The molecule has 92 valence electrons. The molecule has 0 aromatic carbocycles. The van der Waals surface area contributed by atoms with Crippen LogP contribution in [0.1, 0.15) is 58.2 Å². The predicted molar refractivity (Wildman–Crippen MR) is 64.6 cm³/mol. The smallest absolute Gasteiger partial charge is 0.232 e. The highest BCUT2D eigenvalue weighted by atomic mass is 35.5. The molecule has 16 heavy (non-hydrogen) atoms. The molecule has 0 unspecified atom stereocenters. The van der Waals surface area contributed by atoms with Gasteiger partial charge in [0.25, 0.3) is 0 Å². The second-order valence-corrected chi connectivity index (χ2v) is 5.54. The van der Waals surface area contributed by atoms with Crippen molar-refractivity contribution in [1.82, 2.24) is 10.1 Å². The maximum atomic E-state index is 6.25. The van der Waals surface area contributed by atoms with Crippen LogP contribution in [-0.4, -0.2) is 10.1 Å². The largest absolute Gasteiger partial charge is 0.339 e. The predicted octanol–water partition coefficient (Wildman–Crippen LogP) is 2.52. The van der Waals surface area contributed by atoms with Gasteiger partial charge in [0.15, 0.2) is 5.82 Å². The average Bonchev–Trinajstić information content (AvgIpc) is 2.69. The summed E-state index contributed by atoms with van der Waals surface area (Å²) in [5, 5.41) is 4.03. The highest BCUT2D eigenvalue weighted by Gasteiger charge is 2.37. The van der Waals surface area contributed by atoms with E-state index in [9.17, 15) is 0 Å². The highest BCUT2D eigenvalue weighted by Crippen LogP contribution is 2.35. The number of nitrogens with two attached hydrogens (primary N) is 1. The van der Waals surface area contributed by atoms with Gasteiger partial charge < -0.3 is 10.3 Å². The molecule has 1 aromatic heterocycles. The van der Waals surface area contributed by atoms with Crippen molar-refractivity contribution < 1.29 is 4.52 Å². The first-order valence-electron chi connectivity index (χ1n) is 5.55. The van der Waals surface area contributed by atoms with E-state index in [1.165, 1.54) is 0 Å². The molecule has 2 N–H and O–H groups in total. The highest BCUT2D eigenvalue weighted by molar-refractivity contribution is 5.85. The Hall–Kier alpha value is -0.610. The van der Waals surface area contributed by atoms with E-state index in [1.807, 2.05) is 0 Å². The summed E-state index contributed by atoms with van der Waals surface area (Å²) in [5.74, 6) is 1.36. The molecule has 1 aromatic rings. The topological polar surface area (TPSA) is 64.9 Å². The van der Waals surface area contributed by atoms with Crippen LogP contribution < -0.4 is 5.73 Å². The van der Waals surface area contributed by atoms with Crippen molar-refractivity contribution in [1.29, 1.82) is 0 Å². The Morgan fingerprint density at radius 2 is 1.81 bits per heavy atom. The fourth-order valence-corrected chi connectivity index (χ4v) is 1.96. The molecule has 0 bridgehead atoms. The van der Waals surface area contributed by atoms with Gasteiger partial charge in [-0.15, -0.1) is 12.4 Å². The molecule has 0 amide bonds. The maximum absolute atomic E-state index is 6.25. The zero-order valence-corrected chi connectivity index (χ0v) is 10.9. The monoisotopic (exact) mass is 245 g/mol. The van der Waals surface area contributed by atoms with Gasteiger partial charge >= 0.3 is 0 Å². The quantitative estimate of drug-likeness (QED) is 0.826. The van der Waals surface area contributed by atoms with E-state index in [-0.39, 0.29) is 23.4 Å². The van der Waals surface area contributed by atoms with Crippen LogP contribution in [0, 0.1) is 0 Å². The van der Waals surface area contributed by atoms with E-state index >= 15 is 0 Å². The van der Waals surface area contributed by atoms with Crippen LogP contribution in [0.15, 0.2) is 4.52 Å². The lowest BCUT2D eigenvalue weighted by molar-refractivity contribution is 0.309. The Kier molecular flexibility index (Phi) is 3.65. The van der Waals surface area contributed by atoms with Crippen molar-refractivity contribution in [2.75, 3.05) is 0 Å². The van der Waals surface area contributed by atoms with Crippen molar-refractivity contribution in [3.05, 3.63) is 11.7 Å². The van der Waals surface area contributed by atoms with Crippen molar-refractivity contribution in [2.24, 2.45) is 5.73 Å². The summed E-state index contributed by atoms with van der Waals surface area (Å²) in [6, 6.07) is 0. The molecule has 2 rings (SSSR count). The lowest BCUT2D eigenvalue weighted by Crippen LogP contribution is -2.34. The van der Waals surface area contributed by atoms with E-state index < -0.39 is 0 Å². The molecule has 1 fully saturated rings. The molecule has 1 aliphatic carbocycles. The molecule has 1 aliphatic rings. The lowest BCUT2D eigenvalue weighted by atomic mass is 9.96. The molecule has 1 heterocycles. The third kappa shape index (κ3) is 2.38. The van der Waals surface area contributed by atoms with Gasteiger partial charge in [0.2, 0.25) is 5.89 Å². The number of hydrogen-bond donors (Lipinski definition) is 1. The van der Waals surface area contributed by atoms with E-state index in [2.05, 4.69) is 30.9 Å². The summed E-state index contributed by atoms with van der Waals surface area (Å²) < 4.78 is 5.27. The minimum atomic E-state index is -0.340. The average molecular weight is 246 g/mol. The lowest BCUT2D eigenvalue weighted by Gasteiger charge is -2.18. The zero-order chi connectivity index (χ0) is 11.1. The van der Waals surface area contributed by atoms with Crippen molar-refractivity contribution >= 4 is 12.4 Å². The van der Waals surface area contributed by atoms with Gasteiger partial charge in [0.1, 0.15) is 0 Å². The Balaban J connectivity index is 0.00000128. The molecule has 5 heteroatoms. The standard InChI is InChI=1S/C11H19N3O.ClH/c1-10(2,3)9-13-8(14-15-9)11(12)6-4-5-7-11;/h4-7,12H2,1-3H3;1H. The van der Waals surface area contributed by atoms with E-state index in [0.29, 0.717) is 11.7 Å². The molecular weight excluding hydrogens is 226 g/mol. The van der Waals surface area contributed by atoms with Gasteiger partial charge in [0.05, 0.1) is 5.54 Å². The van der Waals surface area contributed by atoms with E-state index in [0.717, 1.165) is 25.7 Å². The minimum Gasteiger partial charge on any atom is -0.339 e. The Morgan fingerprint density at radius 1 is 1.25 bits per heavy atom. The second kappa shape index (κ2) is 4.34. The zero-order valence-electron chi connectivity index (χ0n) is 10.1. The minimum absolute atomic E-state index is 0. The number of rotatable bonds is 1. The van der Waals surface area contributed by atoms with Crippen LogP contribution >= 0.6 is 12.4 Å². The van der Waals surface area contributed by atoms with Crippen molar-refractivity contribution in [3.8, 4) is 0 Å². The van der Waals surface area contributed by atoms with Crippen LogP contribution in [0.3, 0.4) is 0 Å². The Bertz CT molecular complexity index is 350. The van der Waals surface area contributed by atoms with Gasteiger partial charge in [-0.05, 0) is 12.8 Å². The third-order valence-corrected chi connectivity index (χ3v) is 3.01. The first kappa shape index (κ1) is 13.5. The molecule has 0 atom stereocenters. The molecule has 0 radical (unpaired) electrons. The molecule has 1 saturated carbocycles. The molecule has 4 nitrogen and oxygen atoms in total. The fourth-order valence-electron chi connectivity index (χ4n) is 1.96. The second-order valence-electron chi connectivity index (χ2n) is 5.54. The van der Waals surface area contributed by atoms with Crippen LogP contribution in [-0.2, 0) is 11.0 Å². The van der Waals surface area contributed by atoms with Crippen LogP contribution in [0.4, 0.5) is 0 Å². The summed E-state index contributed by atoms with van der Waals surface area (Å²) in [4.78, 5) is 4.43. The van der Waals surface area contributed by atoms with Crippen LogP contribution in [0.25, 0.3) is 0 Å². The SMILES string of the molecule is CC(C)(C)c1nc(C2(N)CCCC2)no1.Cl. The summed E-state index contributed by atoms with van der Waals surface area (Å²) in [5.41, 5.74) is 5.81. The fraction of sp³-hybridized carbons (Fsp3) is 0.818. The number of halogens is 1. The first-order valence-corrected chi connectivity index (χ1v) is 5.55. The molecule has 0 spiro atoms.